The van der Waals surface area contributed by atoms with Crippen LogP contribution in [0.5, 0.6) is 5.75 Å². The Bertz CT molecular complexity index is 1100. The number of fused-ring (bicyclic) bond motifs is 5. The minimum atomic E-state index is -0.463. The second-order valence-electron chi connectivity index (χ2n) is 14.8. The highest BCUT2D eigenvalue weighted by atomic mass is 16.5. The van der Waals surface area contributed by atoms with E-state index in [4.69, 9.17) is 9.47 Å². The second-order valence-corrected chi connectivity index (χ2v) is 14.8. The Balaban J connectivity index is 1.33. The molecule has 4 heteroatoms. The van der Waals surface area contributed by atoms with Crippen LogP contribution in [0.25, 0.3) is 0 Å². The van der Waals surface area contributed by atoms with Crippen LogP contribution in [0.2, 0.25) is 0 Å². The van der Waals surface area contributed by atoms with E-state index in [1.54, 1.807) is 18.2 Å². The summed E-state index contributed by atoms with van der Waals surface area (Å²) in [5, 5.41) is 10.9. The van der Waals surface area contributed by atoms with Gasteiger partial charge in [-0.2, -0.15) is 0 Å². The number of aliphatic hydroxyl groups excluding tert-OH is 1. The lowest BCUT2D eigenvalue weighted by molar-refractivity contribution is -0.113. The molecule has 0 saturated heterocycles. The molecule has 41 heavy (non-hydrogen) atoms. The van der Waals surface area contributed by atoms with Crippen molar-refractivity contribution in [2.24, 2.45) is 46.3 Å². The van der Waals surface area contributed by atoms with Crippen molar-refractivity contribution in [3.05, 3.63) is 54.1 Å². The van der Waals surface area contributed by atoms with Crippen LogP contribution in [-0.4, -0.2) is 29.9 Å². The summed E-state index contributed by atoms with van der Waals surface area (Å²) in [6.45, 7) is 16.3. The van der Waals surface area contributed by atoms with Gasteiger partial charge in [0.05, 0.1) is 11.7 Å². The zero-order valence-electron chi connectivity index (χ0n) is 26.2. The molecule has 4 aliphatic carbocycles. The van der Waals surface area contributed by atoms with Gasteiger partial charge < -0.3 is 14.6 Å². The third kappa shape index (κ3) is 5.79. The van der Waals surface area contributed by atoms with E-state index in [0.29, 0.717) is 48.0 Å². The number of carbonyl (C=O) groups is 1. The van der Waals surface area contributed by atoms with Crippen molar-refractivity contribution >= 4 is 5.97 Å². The average Bonchev–Trinajstić information content (AvgIpc) is 3.30. The number of hydrogen-bond acceptors (Lipinski definition) is 4. The third-order valence-corrected chi connectivity index (χ3v) is 12.1. The third-order valence-electron chi connectivity index (χ3n) is 12.1. The first-order chi connectivity index (χ1) is 19.6. The standard InChI is InChI=1S/C37H54O4/c1-7-21-40-29-14-11-26(12-15-29)35(39)41-34-23-28(38)22-27-13-16-30-32-18-17-31(25(4)10-8-9-24(2)3)36(32,5)20-19-33(30)37(27,34)6/h7,11-15,24-25,28,30-34,38H,1,8-10,16-23H2,2-6H3/t25-,28-,30+,31-,32+,33+,34?,36-,37+/m1/s1. The van der Waals surface area contributed by atoms with Crippen molar-refractivity contribution < 1.29 is 19.4 Å². The largest absolute Gasteiger partial charge is 0.490 e. The molecule has 4 aliphatic rings. The minimum Gasteiger partial charge on any atom is -0.490 e. The topological polar surface area (TPSA) is 55.8 Å². The number of ether oxygens (including phenoxy) is 2. The fourth-order valence-electron chi connectivity index (χ4n) is 9.91. The molecule has 1 unspecified atom stereocenters. The first-order valence-electron chi connectivity index (χ1n) is 16.5. The molecule has 0 spiro atoms. The highest BCUT2D eigenvalue weighted by molar-refractivity contribution is 5.89. The summed E-state index contributed by atoms with van der Waals surface area (Å²) in [6.07, 6.45) is 14.9. The maximum atomic E-state index is 13.4. The van der Waals surface area contributed by atoms with Crippen LogP contribution >= 0.6 is 0 Å². The van der Waals surface area contributed by atoms with Crippen molar-refractivity contribution in [1.82, 2.24) is 0 Å². The number of hydrogen-bond donors (Lipinski definition) is 1. The molecule has 0 bridgehead atoms. The molecule has 3 saturated carbocycles. The maximum absolute atomic E-state index is 13.4. The average molecular weight is 563 g/mol. The number of aliphatic hydroxyl groups is 1. The summed E-state index contributed by atoms with van der Waals surface area (Å²) in [5.74, 6) is 4.66. The number of rotatable bonds is 10. The van der Waals surface area contributed by atoms with Crippen LogP contribution in [0, 0.1) is 46.3 Å². The Labute approximate surface area is 249 Å². The van der Waals surface area contributed by atoms with Crippen LogP contribution in [0.1, 0.15) is 109 Å². The van der Waals surface area contributed by atoms with Crippen LogP contribution in [0.15, 0.2) is 48.6 Å². The number of carbonyl (C=O) groups excluding carboxylic acids is 1. The van der Waals surface area contributed by atoms with Gasteiger partial charge in [0.15, 0.2) is 0 Å². The van der Waals surface area contributed by atoms with E-state index < -0.39 is 6.10 Å². The molecule has 3 fully saturated rings. The van der Waals surface area contributed by atoms with Crippen LogP contribution in [-0.2, 0) is 4.74 Å². The summed E-state index contributed by atoms with van der Waals surface area (Å²) in [5.41, 5.74) is 2.05. The molecule has 0 aromatic heterocycles. The summed E-state index contributed by atoms with van der Waals surface area (Å²) >= 11 is 0. The molecule has 4 nitrogen and oxygen atoms in total. The van der Waals surface area contributed by atoms with Gasteiger partial charge in [0.25, 0.3) is 0 Å². The molecular formula is C37H54O4. The Morgan fingerprint density at radius 3 is 2.56 bits per heavy atom. The smallest absolute Gasteiger partial charge is 0.338 e. The van der Waals surface area contributed by atoms with Gasteiger partial charge in [-0.25, -0.2) is 4.79 Å². The van der Waals surface area contributed by atoms with E-state index in [0.717, 1.165) is 30.1 Å². The zero-order valence-corrected chi connectivity index (χ0v) is 26.2. The van der Waals surface area contributed by atoms with Gasteiger partial charge in [-0.15, -0.1) is 0 Å². The van der Waals surface area contributed by atoms with Crippen molar-refractivity contribution in [1.29, 1.82) is 0 Å². The Kier molecular flexibility index (Phi) is 9.09. The molecule has 0 amide bonds. The van der Waals surface area contributed by atoms with Gasteiger partial charge in [0, 0.05) is 11.8 Å². The van der Waals surface area contributed by atoms with Crippen LogP contribution < -0.4 is 4.74 Å². The molecular weight excluding hydrogens is 508 g/mol. The van der Waals surface area contributed by atoms with E-state index in [1.807, 2.05) is 12.1 Å². The van der Waals surface area contributed by atoms with Gasteiger partial charge in [0.2, 0.25) is 0 Å². The maximum Gasteiger partial charge on any atom is 0.338 e. The lowest BCUT2D eigenvalue weighted by Gasteiger charge is -2.60. The molecule has 0 radical (unpaired) electrons. The number of esters is 1. The van der Waals surface area contributed by atoms with Crippen molar-refractivity contribution in [3.63, 3.8) is 0 Å². The van der Waals surface area contributed by atoms with Crippen LogP contribution in [0.3, 0.4) is 0 Å². The van der Waals surface area contributed by atoms with Crippen molar-refractivity contribution in [2.45, 2.75) is 111 Å². The normalized spacial score (nSPS) is 36.9. The fraction of sp³-hybridized carbons (Fsp3) is 0.703. The first-order valence-corrected chi connectivity index (χ1v) is 16.5. The van der Waals surface area contributed by atoms with Gasteiger partial charge in [-0.3, -0.25) is 0 Å². The number of benzene rings is 1. The predicted molar refractivity (Wildman–Crippen MR) is 166 cm³/mol. The highest BCUT2D eigenvalue weighted by Gasteiger charge is 2.61. The molecule has 9 atom stereocenters. The first kappa shape index (κ1) is 30.4. The zero-order chi connectivity index (χ0) is 29.4. The SMILES string of the molecule is C=CCOc1ccc(C(=O)OC2C[C@H](O)CC3=CC[C@H]4[C@@H]5CC[C@H]([C@H](C)CCCC(C)C)[C@@]5(C)CC[C@@H]4[C@]32C)cc1. The Morgan fingerprint density at radius 2 is 1.85 bits per heavy atom. The molecule has 1 aromatic carbocycles. The van der Waals surface area contributed by atoms with E-state index in [1.165, 1.54) is 50.5 Å². The fourth-order valence-corrected chi connectivity index (χ4v) is 9.91. The van der Waals surface area contributed by atoms with E-state index in [9.17, 15) is 9.90 Å². The molecule has 0 aliphatic heterocycles. The van der Waals surface area contributed by atoms with Crippen LogP contribution in [0.4, 0.5) is 0 Å². The summed E-state index contributed by atoms with van der Waals surface area (Å²) in [7, 11) is 0. The lowest BCUT2D eigenvalue weighted by Crippen LogP contribution is -2.56. The van der Waals surface area contributed by atoms with E-state index in [2.05, 4.69) is 47.3 Å². The second kappa shape index (κ2) is 12.3. The predicted octanol–water partition coefficient (Wildman–Crippen LogP) is 8.79. The van der Waals surface area contributed by atoms with Gasteiger partial charge >= 0.3 is 5.97 Å². The highest BCUT2D eigenvalue weighted by Crippen LogP contribution is 2.67. The van der Waals surface area contributed by atoms with Crippen molar-refractivity contribution in [2.75, 3.05) is 6.61 Å². The van der Waals surface area contributed by atoms with E-state index >= 15 is 0 Å². The quantitative estimate of drug-likeness (QED) is 0.229. The van der Waals surface area contributed by atoms with Crippen molar-refractivity contribution in [3.8, 4) is 5.75 Å². The summed E-state index contributed by atoms with van der Waals surface area (Å²) in [4.78, 5) is 13.4. The molecule has 5 rings (SSSR count). The lowest BCUT2D eigenvalue weighted by atomic mass is 9.46. The summed E-state index contributed by atoms with van der Waals surface area (Å²) in [6, 6.07) is 7.16. The molecule has 0 heterocycles. The van der Waals surface area contributed by atoms with Gasteiger partial charge in [-0.1, -0.05) is 78.2 Å². The van der Waals surface area contributed by atoms with Gasteiger partial charge in [-0.05, 0) is 104 Å². The summed E-state index contributed by atoms with van der Waals surface area (Å²) < 4.78 is 11.9. The monoisotopic (exact) mass is 562 g/mol. The Morgan fingerprint density at radius 1 is 1.10 bits per heavy atom. The molecule has 1 N–H and O–H groups in total. The minimum absolute atomic E-state index is 0.215. The Hall–Kier alpha value is -2.07. The molecule has 1 aromatic rings. The number of allylic oxidation sites excluding steroid dienone is 1. The van der Waals surface area contributed by atoms with E-state index in [-0.39, 0.29) is 17.5 Å². The van der Waals surface area contributed by atoms with Gasteiger partial charge in [0.1, 0.15) is 18.5 Å². The molecule has 226 valence electrons.